The number of rotatable bonds is 2. The van der Waals surface area contributed by atoms with E-state index in [1.54, 1.807) is 0 Å². The predicted octanol–water partition coefficient (Wildman–Crippen LogP) is 2.80. The van der Waals surface area contributed by atoms with E-state index in [-0.39, 0.29) is 17.6 Å². The SMILES string of the molecule is C=C1CCC(=O)CC(C)(C)C1(C)CC(=O)O. The molecule has 1 saturated carbocycles. The van der Waals surface area contributed by atoms with Gasteiger partial charge in [0.05, 0.1) is 6.42 Å². The van der Waals surface area contributed by atoms with Gasteiger partial charge in [-0.2, -0.15) is 0 Å². The van der Waals surface area contributed by atoms with Crippen molar-refractivity contribution in [2.75, 3.05) is 0 Å². The van der Waals surface area contributed by atoms with Crippen LogP contribution in [0.2, 0.25) is 0 Å². The van der Waals surface area contributed by atoms with Crippen molar-refractivity contribution in [1.29, 1.82) is 0 Å². The van der Waals surface area contributed by atoms with Crippen molar-refractivity contribution in [2.24, 2.45) is 10.8 Å². The summed E-state index contributed by atoms with van der Waals surface area (Å²) in [5.74, 6) is -0.619. The Hall–Kier alpha value is -1.12. The predicted molar refractivity (Wildman–Crippen MR) is 62.1 cm³/mol. The van der Waals surface area contributed by atoms with Crippen molar-refractivity contribution in [3.05, 3.63) is 12.2 Å². The fourth-order valence-electron chi connectivity index (χ4n) is 2.49. The Morgan fingerprint density at radius 3 is 2.44 bits per heavy atom. The van der Waals surface area contributed by atoms with Crippen molar-refractivity contribution in [3.8, 4) is 0 Å². The molecule has 90 valence electrons. The van der Waals surface area contributed by atoms with Gasteiger partial charge in [0.2, 0.25) is 0 Å². The summed E-state index contributed by atoms with van der Waals surface area (Å²) in [6, 6.07) is 0. The van der Waals surface area contributed by atoms with Crippen molar-refractivity contribution in [2.45, 2.75) is 46.5 Å². The standard InChI is InChI=1S/C13H20O3/c1-9-5-6-10(14)7-12(2,3)13(9,4)8-11(15)16/h1,5-8H2,2-4H3,(H,15,16). The summed E-state index contributed by atoms with van der Waals surface area (Å²) in [5, 5.41) is 9.01. The first-order valence-electron chi connectivity index (χ1n) is 5.61. The van der Waals surface area contributed by atoms with Gasteiger partial charge in [-0.15, -0.1) is 0 Å². The Morgan fingerprint density at radius 2 is 1.94 bits per heavy atom. The summed E-state index contributed by atoms with van der Waals surface area (Å²) in [4.78, 5) is 22.6. The van der Waals surface area contributed by atoms with Crippen LogP contribution in [0.5, 0.6) is 0 Å². The van der Waals surface area contributed by atoms with Crippen LogP contribution in [0, 0.1) is 10.8 Å². The molecule has 1 aliphatic carbocycles. The van der Waals surface area contributed by atoms with Crippen LogP contribution in [0.3, 0.4) is 0 Å². The maximum absolute atomic E-state index is 11.6. The third-order valence-electron chi connectivity index (χ3n) is 4.12. The summed E-state index contributed by atoms with van der Waals surface area (Å²) in [6.07, 6.45) is 1.60. The lowest BCUT2D eigenvalue weighted by molar-refractivity contribution is -0.141. The molecule has 1 atom stereocenters. The van der Waals surface area contributed by atoms with Gasteiger partial charge in [0, 0.05) is 18.3 Å². The molecule has 0 aromatic heterocycles. The highest BCUT2D eigenvalue weighted by Crippen LogP contribution is 2.52. The second kappa shape index (κ2) is 4.04. The Labute approximate surface area is 96.5 Å². The molecule has 0 saturated heterocycles. The van der Waals surface area contributed by atoms with E-state index >= 15 is 0 Å². The number of Topliss-reactive ketones (excluding diaryl/α,β-unsaturated/α-hetero) is 1. The molecule has 16 heavy (non-hydrogen) atoms. The number of carboxylic acids is 1. The van der Waals surface area contributed by atoms with E-state index in [9.17, 15) is 9.59 Å². The van der Waals surface area contributed by atoms with Crippen LogP contribution >= 0.6 is 0 Å². The monoisotopic (exact) mass is 224 g/mol. The second-order valence-corrected chi connectivity index (χ2v) is 5.61. The largest absolute Gasteiger partial charge is 0.481 e. The van der Waals surface area contributed by atoms with Crippen molar-refractivity contribution in [1.82, 2.24) is 0 Å². The molecule has 0 spiro atoms. The number of hydrogen-bond donors (Lipinski definition) is 1. The molecule has 1 unspecified atom stereocenters. The first-order valence-corrected chi connectivity index (χ1v) is 5.61. The third-order valence-corrected chi connectivity index (χ3v) is 4.12. The van der Waals surface area contributed by atoms with E-state index in [0.717, 1.165) is 5.57 Å². The maximum Gasteiger partial charge on any atom is 0.304 e. The minimum absolute atomic E-state index is 0.0477. The Morgan fingerprint density at radius 1 is 1.38 bits per heavy atom. The lowest BCUT2D eigenvalue weighted by Crippen LogP contribution is -2.38. The zero-order valence-corrected chi connectivity index (χ0v) is 10.3. The van der Waals surface area contributed by atoms with Crippen LogP contribution in [-0.4, -0.2) is 16.9 Å². The lowest BCUT2D eigenvalue weighted by atomic mass is 9.60. The fraction of sp³-hybridized carbons (Fsp3) is 0.692. The van der Waals surface area contributed by atoms with Gasteiger partial charge in [-0.25, -0.2) is 0 Å². The number of allylic oxidation sites excluding steroid dienone is 1. The molecule has 0 aliphatic heterocycles. The molecule has 1 aliphatic rings. The molecule has 0 bridgehead atoms. The van der Waals surface area contributed by atoms with Crippen LogP contribution in [0.25, 0.3) is 0 Å². The van der Waals surface area contributed by atoms with Gasteiger partial charge >= 0.3 is 5.97 Å². The van der Waals surface area contributed by atoms with Gasteiger partial charge < -0.3 is 5.11 Å². The number of carbonyl (C=O) groups excluding carboxylic acids is 1. The number of carboxylic acid groups (broad SMARTS) is 1. The summed E-state index contributed by atoms with van der Waals surface area (Å²) < 4.78 is 0. The summed E-state index contributed by atoms with van der Waals surface area (Å²) in [6.45, 7) is 9.84. The number of hydrogen-bond acceptors (Lipinski definition) is 2. The van der Waals surface area contributed by atoms with Gasteiger partial charge in [0.1, 0.15) is 5.78 Å². The van der Waals surface area contributed by atoms with E-state index in [4.69, 9.17) is 5.11 Å². The highest BCUT2D eigenvalue weighted by Gasteiger charge is 2.47. The van der Waals surface area contributed by atoms with Gasteiger partial charge in [-0.05, 0) is 11.8 Å². The molecule has 1 fully saturated rings. The second-order valence-electron chi connectivity index (χ2n) is 5.61. The smallest absolute Gasteiger partial charge is 0.304 e. The number of aliphatic carboxylic acids is 1. The van der Waals surface area contributed by atoms with Gasteiger partial charge in [-0.1, -0.05) is 32.9 Å². The first kappa shape index (κ1) is 12.9. The molecule has 1 N–H and O–H groups in total. The number of ketones is 1. The molecule has 3 heteroatoms. The van der Waals surface area contributed by atoms with Crippen LogP contribution < -0.4 is 0 Å². The van der Waals surface area contributed by atoms with Crippen LogP contribution in [0.1, 0.15) is 46.5 Å². The third kappa shape index (κ3) is 2.18. The molecule has 0 amide bonds. The highest BCUT2D eigenvalue weighted by atomic mass is 16.4. The fourth-order valence-corrected chi connectivity index (χ4v) is 2.49. The zero-order valence-electron chi connectivity index (χ0n) is 10.3. The molecule has 0 aromatic rings. The van der Waals surface area contributed by atoms with Crippen LogP contribution in [0.15, 0.2) is 12.2 Å². The van der Waals surface area contributed by atoms with E-state index in [0.29, 0.717) is 19.3 Å². The molecule has 3 nitrogen and oxygen atoms in total. The van der Waals surface area contributed by atoms with Crippen molar-refractivity contribution < 1.29 is 14.7 Å². The Bertz CT molecular complexity index is 341. The van der Waals surface area contributed by atoms with Gasteiger partial charge in [0.25, 0.3) is 0 Å². The van der Waals surface area contributed by atoms with E-state index in [1.807, 2.05) is 20.8 Å². The highest BCUT2D eigenvalue weighted by molar-refractivity contribution is 5.80. The Balaban J connectivity index is 3.13. The summed E-state index contributed by atoms with van der Waals surface area (Å²) >= 11 is 0. The lowest BCUT2D eigenvalue weighted by Gasteiger charge is -2.43. The van der Waals surface area contributed by atoms with Gasteiger partial charge in [-0.3, -0.25) is 9.59 Å². The molecule has 0 aromatic carbocycles. The van der Waals surface area contributed by atoms with E-state index in [1.165, 1.54) is 0 Å². The average molecular weight is 224 g/mol. The average Bonchev–Trinajstić information content (AvgIpc) is 2.16. The molecule has 0 heterocycles. The van der Waals surface area contributed by atoms with Crippen molar-refractivity contribution in [3.63, 3.8) is 0 Å². The minimum atomic E-state index is -0.828. The first-order chi connectivity index (χ1) is 7.19. The molecule has 0 radical (unpaired) electrons. The molecular formula is C13H20O3. The number of carbonyl (C=O) groups is 2. The minimum Gasteiger partial charge on any atom is -0.481 e. The van der Waals surface area contributed by atoms with Crippen LogP contribution in [-0.2, 0) is 9.59 Å². The topological polar surface area (TPSA) is 54.4 Å². The quantitative estimate of drug-likeness (QED) is 0.579. The Kier molecular flexibility index (Phi) is 3.27. The molecular weight excluding hydrogens is 204 g/mol. The van der Waals surface area contributed by atoms with E-state index in [2.05, 4.69) is 6.58 Å². The normalized spacial score (nSPS) is 29.9. The van der Waals surface area contributed by atoms with Crippen LogP contribution in [0.4, 0.5) is 0 Å². The zero-order chi connectivity index (χ0) is 12.6. The van der Waals surface area contributed by atoms with Gasteiger partial charge in [0.15, 0.2) is 0 Å². The van der Waals surface area contributed by atoms with E-state index < -0.39 is 11.4 Å². The summed E-state index contributed by atoms with van der Waals surface area (Å²) in [7, 11) is 0. The molecule has 1 rings (SSSR count). The maximum atomic E-state index is 11.6. The summed E-state index contributed by atoms with van der Waals surface area (Å²) in [5.41, 5.74) is 0.0619. The van der Waals surface area contributed by atoms with Crippen molar-refractivity contribution >= 4 is 11.8 Å².